The summed E-state index contributed by atoms with van der Waals surface area (Å²) >= 11 is 1.35. The molecule has 0 saturated carbocycles. The fraction of sp³-hybridized carbons (Fsp3) is 0.583. The van der Waals surface area contributed by atoms with Crippen LogP contribution in [0.1, 0.15) is 22.5 Å². The largest absolute Gasteiger partial charge is 0.401 e. The number of alkyl halides is 3. The van der Waals surface area contributed by atoms with Crippen molar-refractivity contribution in [2.75, 3.05) is 19.6 Å². The Morgan fingerprint density at radius 1 is 1.53 bits per heavy atom. The Balaban J connectivity index is 1.88. The van der Waals surface area contributed by atoms with E-state index in [-0.39, 0.29) is 11.9 Å². The maximum Gasteiger partial charge on any atom is 0.401 e. The van der Waals surface area contributed by atoms with Crippen molar-refractivity contribution >= 4 is 17.2 Å². The van der Waals surface area contributed by atoms with Crippen LogP contribution in [0.25, 0.3) is 0 Å². The Kier molecular flexibility index (Phi) is 4.46. The number of hydrogen-bond acceptors (Lipinski definition) is 3. The van der Waals surface area contributed by atoms with Crippen LogP contribution in [0.2, 0.25) is 0 Å². The van der Waals surface area contributed by atoms with Gasteiger partial charge in [-0.2, -0.15) is 13.2 Å². The van der Waals surface area contributed by atoms with Crippen LogP contribution in [0.3, 0.4) is 0 Å². The van der Waals surface area contributed by atoms with Crippen LogP contribution in [-0.2, 0) is 0 Å². The van der Waals surface area contributed by atoms with E-state index in [1.165, 1.54) is 11.3 Å². The molecule has 1 saturated heterocycles. The SMILES string of the molecule is O=C(c1cccs1)N1CCCC(NCC(F)(F)F)C1. The predicted molar refractivity (Wildman–Crippen MR) is 67.3 cm³/mol. The molecule has 0 bridgehead atoms. The van der Waals surface area contributed by atoms with Crippen molar-refractivity contribution < 1.29 is 18.0 Å². The van der Waals surface area contributed by atoms with E-state index >= 15 is 0 Å². The van der Waals surface area contributed by atoms with Crippen LogP contribution in [-0.4, -0.2) is 42.7 Å². The first-order valence-corrected chi connectivity index (χ1v) is 6.96. The molecule has 19 heavy (non-hydrogen) atoms. The quantitative estimate of drug-likeness (QED) is 0.928. The second kappa shape index (κ2) is 5.92. The summed E-state index contributed by atoms with van der Waals surface area (Å²) < 4.78 is 36.4. The van der Waals surface area contributed by atoms with Gasteiger partial charge in [0.2, 0.25) is 0 Å². The van der Waals surface area contributed by atoms with Crippen molar-refractivity contribution in [3.63, 3.8) is 0 Å². The number of nitrogens with one attached hydrogen (secondary N) is 1. The molecule has 1 N–H and O–H groups in total. The molecule has 0 spiro atoms. The fourth-order valence-corrected chi connectivity index (χ4v) is 2.84. The molecule has 1 aromatic heterocycles. The summed E-state index contributed by atoms with van der Waals surface area (Å²) in [6, 6.07) is 3.25. The van der Waals surface area contributed by atoms with Crippen molar-refractivity contribution in [2.24, 2.45) is 0 Å². The van der Waals surface area contributed by atoms with Gasteiger partial charge in [-0.25, -0.2) is 0 Å². The Labute approximate surface area is 113 Å². The average Bonchev–Trinajstić information content (AvgIpc) is 2.89. The molecule has 3 nitrogen and oxygen atoms in total. The summed E-state index contributed by atoms with van der Waals surface area (Å²) in [5.41, 5.74) is 0. The molecular formula is C12H15F3N2OS. The predicted octanol–water partition coefficient (Wildman–Crippen LogP) is 2.50. The standard InChI is InChI=1S/C12H15F3N2OS/c13-12(14,15)8-16-9-3-1-5-17(7-9)11(18)10-4-2-6-19-10/h2,4,6,9,16H,1,3,5,7-8H2. The lowest BCUT2D eigenvalue weighted by Crippen LogP contribution is -2.49. The van der Waals surface area contributed by atoms with Crippen LogP contribution in [0, 0.1) is 0 Å². The second-order valence-corrected chi connectivity index (χ2v) is 5.51. The van der Waals surface area contributed by atoms with Crippen LogP contribution in [0.15, 0.2) is 17.5 Å². The van der Waals surface area contributed by atoms with E-state index in [2.05, 4.69) is 5.32 Å². The van der Waals surface area contributed by atoms with Gasteiger partial charge in [0.05, 0.1) is 11.4 Å². The normalized spacial score (nSPS) is 20.6. The lowest BCUT2D eigenvalue weighted by Gasteiger charge is -2.33. The van der Waals surface area contributed by atoms with E-state index in [9.17, 15) is 18.0 Å². The third-order valence-electron chi connectivity index (χ3n) is 3.03. The number of nitrogens with zero attached hydrogens (tertiary/aromatic N) is 1. The Morgan fingerprint density at radius 3 is 2.95 bits per heavy atom. The molecule has 1 aromatic rings. The van der Waals surface area contributed by atoms with Gasteiger partial charge in [-0.05, 0) is 24.3 Å². The van der Waals surface area contributed by atoms with Gasteiger partial charge in [-0.15, -0.1) is 11.3 Å². The fourth-order valence-electron chi connectivity index (χ4n) is 2.14. The number of amides is 1. The Hall–Kier alpha value is -1.08. The zero-order valence-electron chi connectivity index (χ0n) is 10.2. The van der Waals surface area contributed by atoms with E-state index in [0.717, 1.165) is 6.42 Å². The highest BCUT2D eigenvalue weighted by atomic mass is 32.1. The van der Waals surface area contributed by atoms with Gasteiger partial charge in [0, 0.05) is 19.1 Å². The maximum atomic E-state index is 12.1. The molecule has 1 atom stereocenters. The van der Waals surface area contributed by atoms with Gasteiger partial charge in [0.15, 0.2) is 0 Å². The van der Waals surface area contributed by atoms with Crippen molar-refractivity contribution in [3.05, 3.63) is 22.4 Å². The van der Waals surface area contributed by atoms with Gasteiger partial charge >= 0.3 is 6.18 Å². The second-order valence-electron chi connectivity index (χ2n) is 4.56. The van der Waals surface area contributed by atoms with Crippen LogP contribution < -0.4 is 5.32 Å². The molecular weight excluding hydrogens is 277 g/mol. The first-order chi connectivity index (χ1) is 8.96. The van der Waals surface area contributed by atoms with Gasteiger partial charge in [0.25, 0.3) is 5.91 Å². The van der Waals surface area contributed by atoms with Crippen LogP contribution >= 0.6 is 11.3 Å². The molecule has 0 aromatic carbocycles. The summed E-state index contributed by atoms with van der Waals surface area (Å²) in [7, 11) is 0. The molecule has 1 aliphatic rings. The molecule has 106 valence electrons. The number of hydrogen-bond donors (Lipinski definition) is 1. The summed E-state index contributed by atoms with van der Waals surface area (Å²) in [5.74, 6) is -0.0893. The van der Waals surface area contributed by atoms with E-state index in [4.69, 9.17) is 0 Å². The van der Waals surface area contributed by atoms with E-state index in [0.29, 0.717) is 24.4 Å². The molecule has 2 heterocycles. The highest BCUT2D eigenvalue weighted by Crippen LogP contribution is 2.18. The van der Waals surface area contributed by atoms with Crippen molar-refractivity contribution in [1.29, 1.82) is 0 Å². The Morgan fingerprint density at radius 2 is 2.32 bits per heavy atom. The first kappa shape index (κ1) is 14.3. The molecule has 1 amide bonds. The van der Waals surface area contributed by atoms with E-state index in [1.54, 1.807) is 17.0 Å². The summed E-state index contributed by atoms with van der Waals surface area (Å²) in [6.45, 7) is -0.0492. The van der Waals surface area contributed by atoms with Gasteiger partial charge in [-0.3, -0.25) is 4.79 Å². The smallest absolute Gasteiger partial charge is 0.336 e. The lowest BCUT2D eigenvalue weighted by atomic mass is 10.1. The number of halogens is 3. The monoisotopic (exact) mass is 292 g/mol. The number of likely N-dealkylation sites (tertiary alicyclic amines) is 1. The lowest BCUT2D eigenvalue weighted by molar-refractivity contribution is -0.126. The van der Waals surface area contributed by atoms with Crippen molar-refractivity contribution in [1.82, 2.24) is 10.2 Å². The molecule has 2 rings (SSSR count). The maximum absolute atomic E-state index is 12.1. The molecule has 0 aliphatic carbocycles. The number of carbonyl (C=O) groups is 1. The molecule has 1 unspecified atom stereocenters. The number of thiophene rings is 1. The van der Waals surface area contributed by atoms with Crippen molar-refractivity contribution in [3.8, 4) is 0 Å². The minimum Gasteiger partial charge on any atom is -0.336 e. The summed E-state index contributed by atoms with van der Waals surface area (Å²) in [5, 5.41) is 4.29. The highest BCUT2D eigenvalue weighted by molar-refractivity contribution is 7.12. The van der Waals surface area contributed by atoms with Gasteiger partial charge in [-0.1, -0.05) is 6.07 Å². The topological polar surface area (TPSA) is 32.3 Å². The molecule has 1 fully saturated rings. The van der Waals surface area contributed by atoms with Gasteiger partial charge in [0.1, 0.15) is 0 Å². The van der Waals surface area contributed by atoms with E-state index < -0.39 is 12.7 Å². The molecule has 0 radical (unpaired) electrons. The average molecular weight is 292 g/mol. The van der Waals surface area contributed by atoms with Crippen LogP contribution in [0.4, 0.5) is 13.2 Å². The molecule has 7 heteroatoms. The third-order valence-corrected chi connectivity index (χ3v) is 3.89. The number of piperidine rings is 1. The minimum absolute atomic E-state index is 0.0893. The van der Waals surface area contributed by atoms with E-state index in [1.807, 2.05) is 5.38 Å². The zero-order valence-corrected chi connectivity index (χ0v) is 11.1. The number of rotatable bonds is 3. The summed E-state index contributed by atoms with van der Waals surface area (Å²) in [6.07, 6.45) is -2.81. The Bertz CT molecular complexity index is 419. The van der Waals surface area contributed by atoms with Crippen molar-refractivity contribution in [2.45, 2.75) is 25.1 Å². The minimum atomic E-state index is -4.21. The van der Waals surface area contributed by atoms with Crippen LogP contribution in [0.5, 0.6) is 0 Å². The molecule has 1 aliphatic heterocycles. The van der Waals surface area contributed by atoms with Gasteiger partial charge < -0.3 is 10.2 Å². The zero-order chi connectivity index (χ0) is 13.9. The number of carbonyl (C=O) groups excluding carboxylic acids is 1. The first-order valence-electron chi connectivity index (χ1n) is 6.08. The summed E-state index contributed by atoms with van der Waals surface area (Å²) in [4.78, 5) is 14.4. The third kappa shape index (κ3) is 4.21. The highest BCUT2D eigenvalue weighted by Gasteiger charge is 2.30.